The smallest absolute Gasteiger partial charge is 0.226 e. The first-order valence-corrected chi connectivity index (χ1v) is 12.4. The number of carbonyl (C=O) groups is 1. The number of rotatable bonds is 5. The summed E-state index contributed by atoms with van der Waals surface area (Å²) in [7, 11) is 0. The average Bonchev–Trinajstić information content (AvgIpc) is 3.08. The SMILES string of the molecule is O=C(CC12CC3CC(CC(C3)C1)C2)Nc1nc2ccc(CN3CCOCC3)cc2s1. The second kappa shape index (κ2) is 7.57. The fourth-order valence-corrected chi connectivity index (χ4v) is 8.09. The van der Waals surface area contributed by atoms with Crippen LogP contribution >= 0.6 is 11.3 Å². The van der Waals surface area contributed by atoms with E-state index in [9.17, 15) is 4.79 Å². The van der Waals surface area contributed by atoms with Gasteiger partial charge in [0.15, 0.2) is 5.13 Å². The molecule has 7 rings (SSSR count). The van der Waals surface area contributed by atoms with Gasteiger partial charge >= 0.3 is 0 Å². The number of benzene rings is 1. The number of carbonyl (C=O) groups excluding carboxylic acids is 1. The van der Waals surface area contributed by atoms with Gasteiger partial charge in [0.1, 0.15) is 0 Å². The van der Waals surface area contributed by atoms with Crippen molar-refractivity contribution in [3.05, 3.63) is 23.8 Å². The van der Waals surface area contributed by atoms with E-state index in [0.717, 1.165) is 65.9 Å². The van der Waals surface area contributed by atoms with Gasteiger partial charge < -0.3 is 10.1 Å². The lowest BCUT2D eigenvalue weighted by Crippen LogP contribution is -2.47. The van der Waals surface area contributed by atoms with E-state index in [2.05, 4.69) is 33.4 Å². The third-order valence-corrected chi connectivity index (χ3v) is 8.84. The van der Waals surface area contributed by atoms with E-state index >= 15 is 0 Å². The molecule has 4 saturated carbocycles. The summed E-state index contributed by atoms with van der Waals surface area (Å²) >= 11 is 1.61. The number of nitrogens with one attached hydrogen (secondary N) is 1. The molecular weight excluding hydrogens is 394 g/mol. The normalized spacial score (nSPS) is 33.3. The van der Waals surface area contributed by atoms with E-state index < -0.39 is 0 Å². The minimum absolute atomic E-state index is 0.171. The Morgan fingerprint density at radius 1 is 1.13 bits per heavy atom. The molecule has 5 aliphatic rings. The Balaban J connectivity index is 1.12. The summed E-state index contributed by atoms with van der Waals surface area (Å²) in [6.45, 7) is 4.58. The molecule has 1 aliphatic heterocycles. The lowest BCUT2D eigenvalue weighted by atomic mass is 9.49. The zero-order chi connectivity index (χ0) is 20.1. The molecule has 160 valence electrons. The number of hydrogen-bond donors (Lipinski definition) is 1. The van der Waals surface area contributed by atoms with Crippen molar-refractivity contribution >= 4 is 32.6 Å². The number of nitrogens with zero attached hydrogens (tertiary/aromatic N) is 2. The molecule has 2 aromatic rings. The highest BCUT2D eigenvalue weighted by molar-refractivity contribution is 7.22. The standard InChI is InChI=1S/C24H31N3O2S/c28-22(14-24-11-17-7-18(12-24)9-19(8-17)13-24)26-23-25-20-2-1-16(10-21(20)30-23)15-27-3-5-29-6-4-27/h1-2,10,17-19H,3-9,11-15H2,(H,25,26,28). The number of anilines is 1. The molecule has 1 aromatic carbocycles. The second-order valence-electron chi connectivity index (χ2n) is 10.4. The molecule has 1 aromatic heterocycles. The third kappa shape index (κ3) is 3.78. The molecule has 1 amide bonds. The van der Waals surface area contributed by atoms with Crippen LogP contribution in [-0.2, 0) is 16.1 Å². The summed E-state index contributed by atoms with van der Waals surface area (Å²) < 4.78 is 6.60. The number of aromatic nitrogens is 1. The van der Waals surface area contributed by atoms with Gasteiger partial charge in [0.25, 0.3) is 0 Å². The Hall–Kier alpha value is -1.50. The van der Waals surface area contributed by atoms with Crippen molar-refractivity contribution in [2.24, 2.45) is 23.2 Å². The van der Waals surface area contributed by atoms with Crippen LogP contribution < -0.4 is 5.32 Å². The van der Waals surface area contributed by atoms with E-state index in [1.165, 1.54) is 44.1 Å². The van der Waals surface area contributed by atoms with Crippen LogP contribution in [0.15, 0.2) is 18.2 Å². The van der Waals surface area contributed by atoms with Crippen molar-refractivity contribution in [1.29, 1.82) is 0 Å². The topological polar surface area (TPSA) is 54.5 Å². The fraction of sp³-hybridized carbons (Fsp3) is 0.667. The first-order valence-electron chi connectivity index (χ1n) is 11.6. The van der Waals surface area contributed by atoms with Crippen molar-refractivity contribution in [3.63, 3.8) is 0 Å². The third-order valence-electron chi connectivity index (χ3n) is 7.91. The largest absolute Gasteiger partial charge is 0.379 e. The Morgan fingerprint density at radius 2 is 1.83 bits per heavy atom. The van der Waals surface area contributed by atoms with Crippen molar-refractivity contribution in [3.8, 4) is 0 Å². The summed E-state index contributed by atoms with van der Waals surface area (Å²) in [5.74, 6) is 2.83. The molecule has 0 radical (unpaired) electrons. The number of amides is 1. The molecule has 1 saturated heterocycles. The first kappa shape index (κ1) is 19.2. The summed E-state index contributed by atoms with van der Waals surface area (Å²) in [5.41, 5.74) is 2.57. The van der Waals surface area contributed by atoms with Gasteiger partial charge in [0, 0.05) is 26.1 Å². The summed E-state index contributed by atoms with van der Waals surface area (Å²) in [4.78, 5) is 20.1. The summed E-state index contributed by atoms with van der Waals surface area (Å²) in [6.07, 6.45) is 8.78. The van der Waals surface area contributed by atoms with Crippen molar-refractivity contribution in [1.82, 2.24) is 9.88 Å². The zero-order valence-corrected chi connectivity index (χ0v) is 18.4. The van der Waals surface area contributed by atoms with Crippen LogP contribution in [0.5, 0.6) is 0 Å². The molecule has 1 N–H and O–H groups in total. The number of ether oxygens (including phenoxy) is 1. The predicted octanol–water partition coefficient (Wildman–Crippen LogP) is 4.67. The fourth-order valence-electron chi connectivity index (χ4n) is 7.15. The van der Waals surface area contributed by atoms with E-state index in [1.54, 1.807) is 11.3 Å². The van der Waals surface area contributed by atoms with Crippen LogP contribution in [0.1, 0.15) is 50.5 Å². The first-order chi connectivity index (χ1) is 14.6. The van der Waals surface area contributed by atoms with Gasteiger partial charge in [-0.05, 0) is 79.4 Å². The van der Waals surface area contributed by atoms with Crippen LogP contribution in [0, 0.1) is 23.2 Å². The van der Waals surface area contributed by atoms with Crippen molar-refractivity contribution < 1.29 is 9.53 Å². The molecule has 4 bridgehead atoms. The minimum Gasteiger partial charge on any atom is -0.379 e. The van der Waals surface area contributed by atoms with Crippen LogP contribution in [0.4, 0.5) is 5.13 Å². The van der Waals surface area contributed by atoms with E-state index in [-0.39, 0.29) is 11.3 Å². The monoisotopic (exact) mass is 425 g/mol. The van der Waals surface area contributed by atoms with Gasteiger partial charge in [0.05, 0.1) is 23.4 Å². The van der Waals surface area contributed by atoms with Gasteiger partial charge in [-0.3, -0.25) is 9.69 Å². The van der Waals surface area contributed by atoms with E-state index in [4.69, 9.17) is 4.74 Å². The Morgan fingerprint density at radius 3 is 2.53 bits per heavy atom. The Kier molecular flexibility index (Phi) is 4.85. The van der Waals surface area contributed by atoms with Crippen LogP contribution in [0.2, 0.25) is 0 Å². The van der Waals surface area contributed by atoms with Gasteiger partial charge in [0.2, 0.25) is 5.91 Å². The van der Waals surface area contributed by atoms with Gasteiger partial charge in [-0.1, -0.05) is 17.4 Å². The lowest BCUT2D eigenvalue weighted by molar-refractivity contribution is -0.124. The molecule has 6 heteroatoms. The molecule has 0 unspecified atom stereocenters. The maximum atomic E-state index is 12.9. The maximum absolute atomic E-state index is 12.9. The van der Waals surface area contributed by atoms with Crippen molar-refractivity contribution in [2.45, 2.75) is 51.5 Å². The number of fused-ring (bicyclic) bond motifs is 1. The van der Waals surface area contributed by atoms with E-state index in [1.807, 2.05) is 0 Å². The van der Waals surface area contributed by atoms with Gasteiger partial charge in [-0.2, -0.15) is 0 Å². The van der Waals surface area contributed by atoms with Crippen molar-refractivity contribution in [2.75, 3.05) is 31.6 Å². The molecule has 2 heterocycles. The molecule has 5 fully saturated rings. The molecule has 4 aliphatic carbocycles. The second-order valence-corrected chi connectivity index (χ2v) is 11.4. The molecule has 5 nitrogen and oxygen atoms in total. The molecular formula is C24H31N3O2S. The number of thiazole rings is 1. The molecule has 0 atom stereocenters. The van der Waals surface area contributed by atoms with Crippen LogP contribution in [-0.4, -0.2) is 42.1 Å². The highest BCUT2D eigenvalue weighted by Crippen LogP contribution is 2.61. The zero-order valence-electron chi connectivity index (χ0n) is 17.6. The number of morpholine rings is 1. The lowest BCUT2D eigenvalue weighted by Gasteiger charge is -2.56. The van der Waals surface area contributed by atoms with Gasteiger partial charge in [-0.15, -0.1) is 0 Å². The van der Waals surface area contributed by atoms with E-state index in [0.29, 0.717) is 6.42 Å². The Bertz CT molecular complexity index is 914. The molecule has 30 heavy (non-hydrogen) atoms. The van der Waals surface area contributed by atoms with Gasteiger partial charge in [-0.25, -0.2) is 4.98 Å². The number of hydrogen-bond acceptors (Lipinski definition) is 5. The Labute approximate surface area is 182 Å². The summed E-state index contributed by atoms with van der Waals surface area (Å²) in [6, 6.07) is 6.49. The highest BCUT2D eigenvalue weighted by Gasteiger charge is 2.51. The molecule has 0 spiro atoms. The van der Waals surface area contributed by atoms with Crippen LogP contribution in [0.3, 0.4) is 0 Å². The quantitative estimate of drug-likeness (QED) is 0.756. The van der Waals surface area contributed by atoms with Crippen LogP contribution in [0.25, 0.3) is 10.2 Å². The predicted molar refractivity (Wildman–Crippen MR) is 120 cm³/mol. The minimum atomic E-state index is 0.171. The summed E-state index contributed by atoms with van der Waals surface area (Å²) in [5, 5.41) is 3.90. The maximum Gasteiger partial charge on any atom is 0.226 e. The average molecular weight is 426 g/mol. The highest BCUT2D eigenvalue weighted by atomic mass is 32.1.